The van der Waals surface area contributed by atoms with E-state index in [0.717, 1.165) is 24.2 Å². The van der Waals surface area contributed by atoms with Gasteiger partial charge in [0.2, 0.25) is 0 Å². The van der Waals surface area contributed by atoms with Gasteiger partial charge >= 0.3 is 0 Å². The predicted molar refractivity (Wildman–Crippen MR) is 54.9 cm³/mol. The van der Waals surface area contributed by atoms with E-state index in [-0.39, 0.29) is 5.78 Å². The first-order valence-corrected chi connectivity index (χ1v) is 5.10. The average Bonchev–Trinajstić information content (AvgIpc) is 2.40. The minimum Gasteiger partial charge on any atom is -0.493 e. The van der Waals surface area contributed by atoms with E-state index in [0.29, 0.717) is 13.0 Å². The van der Waals surface area contributed by atoms with Crippen LogP contribution in [-0.2, 0) is 6.42 Å². The van der Waals surface area contributed by atoms with Crippen LogP contribution < -0.4 is 4.74 Å². The number of Topliss-reactive ketones (excluding diaryl/α,β-unsaturated/α-hetero) is 1. The summed E-state index contributed by atoms with van der Waals surface area (Å²) in [7, 11) is 0. The molecule has 2 nitrogen and oxygen atoms in total. The van der Waals surface area contributed by atoms with Gasteiger partial charge in [0, 0.05) is 6.42 Å². The topological polar surface area (TPSA) is 26.3 Å². The van der Waals surface area contributed by atoms with Gasteiger partial charge < -0.3 is 4.74 Å². The second-order valence-electron chi connectivity index (χ2n) is 3.56. The molecule has 0 spiro atoms. The SMILES string of the molecule is CCc1ccc2c(c1)C(=O)CCCO2. The molecular weight excluding hydrogens is 176 g/mol. The summed E-state index contributed by atoms with van der Waals surface area (Å²) in [5, 5.41) is 0. The Kier molecular flexibility index (Phi) is 2.53. The normalized spacial score (nSPS) is 15.6. The summed E-state index contributed by atoms with van der Waals surface area (Å²) in [6.45, 7) is 2.74. The zero-order valence-corrected chi connectivity index (χ0v) is 8.38. The third-order valence-electron chi connectivity index (χ3n) is 2.56. The molecule has 0 atom stereocenters. The highest BCUT2D eigenvalue weighted by Crippen LogP contribution is 2.25. The molecule has 1 aliphatic rings. The van der Waals surface area contributed by atoms with Crippen molar-refractivity contribution in [2.75, 3.05) is 6.61 Å². The van der Waals surface area contributed by atoms with Crippen molar-refractivity contribution in [3.63, 3.8) is 0 Å². The van der Waals surface area contributed by atoms with Gasteiger partial charge in [0.05, 0.1) is 12.2 Å². The molecule has 0 radical (unpaired) electrons. The lowest BCUT2D eigenvalue weighted by atomic mass is 10.0. The molecule has 74 valence electrons. The minimum atomic E-state index is 0.216. The molecule has 0 bridgehead atoms. The van der Waals surface area contributed by atoms with Gasteiger partial charge in [0.25, 0.3) is 0 Å². The summed E-state index contributed by atoms with van der Waals surface area (Å²) in [5.74, 6) is 0.970. The monoisotopic (exact) mass is 190 g/mol. The lowest BCUT2D eigenvalue weighted by Crippen LogP contribution is -1.98. The van der Waals surface area contributed by atoms with Crippen LogP contribution in [-0.4, -0.2) is 12.4 Å². The van der Waals surface area contributed by atoms with Crippen LogP contribution in [0.5, 0.6) is 5.75 Å². The van der Waals surface area contributed by atoms with Gasteiger partial charge in [-0.3, -0.25) is 4.79 Å². The number of hydrogen-bond donors (Lipinski definition) is 0. The average molecular weight is 190 g/mol. The van der Waals surface area contributed by atoms with Gasteiger partial charge in [-0.15, -0.1) is 0 Å². The minimum absolute atomic E-state index is 0.216. The number of hydrogen-bond acceptors (Lipinski definition) is 2. The van der Waals surface area contributed by atoms with E-state index >= 15 is 0 Å². The summed E-state index contributed by atoms with van der Waals surface area (Å²) in [6.07, 6.45) is 2.40. The lowest BCUT2D eigenvalue weighted by molar-refractivity contribution is 0.0983. The molecule has 0 aliphatic carbocycles. The maximum atomic E-state index is 11.7. The van der Waals surface area contributed by atoms with Crippen molar-refractivity contribution in [3.05, 3.63) is 29.3 Å². The van der Waals surface area contributed by atoms with E-state index in [4.69, 9.17) is 4.74 Å². The van der Waals surface area contributed by atoms with Crippen LogP contribution >= 0.6 is 0 Å². The van der Waals surface area contributed by atoms with Crippen molar-refractivity contribution in [1.82, 2.24) is 0 Å². The second-order valence-corrected chi connectivity index (χ2v) is 3.56. The van der Waals surface area contributed by atoms with Crippen LogP contribution in [0.4, 0.5) is 0 Å². The summed E-state index contributed by atoms with van der Waals surface area (Å²) in [4.78, 5) is 11.7. The van der Waals surface area contributed by atoms with E-state index in [1.54, 1.807) is 0 Å². The molecule has 0 amide bonds. The second kappa shape index (κ2) is 3.82. The number of benzene rings is 1. The van der Waals surface area contributed by atoms with Crippen LogP contribution in [0.25, 0.3) is 0 Å². The van der Waals surface area contributed by atoms with Gasteiger partial charge in [-0.05, 0) is 30.5 Å². The molecule has 1 heterocycles. The Morgan fingerprint density at radius 1 is 1.43 bits per heavy atom. The molecule has 1 aliphatic heterocycles. The Morgan fingerprint density at radius 3 is 3.07 bits per heavy atom. The first-order valence-electron chi connectivity index (χ1n) is 5.10. The van der Waals surface area contributed by atoms with Crippen LogP contribution in [0, 0.1) is 0 Å². The highest BCUT2D eigenvalue weighted by Gasteiger charge is 2.16. The molecule has 2 rings (SSSR count). The van der Waals surface area contributed by atoms with E-state index in [9.17, 15) is 4.79 Å². The van der Waals surface area contributed by atoms with E-state index in [1.807, 2.05) is 18.2 Å². The van der Waals surface area contributed by atoms with Gasteiger partial charge in [0.15, 0.2) is 5.78 Å². The van der Waals surface area contributed by atoms with Crippen molar-refractivity contribution in [2.45, 2.75) is 26.2 Å². The largest absolute Gasteiger partial charge is 0.493 e. The van der Waals surface area contributed by atoms with Gasteiger partial charge in [0.1, 0.15) is 5.75 Å². The zero-order valence-electron chi connectivity index (χ0n) is 8.38. The third kappa shape index (κ3) is 1.65. The number of rotatable bonds is 1. The zero-order chi connectivity index (χ0) is 9.97. The van der Waals surface area contributed by atoms with Crippen LogP contribution in [0.3, 0.4) is 0 Å². The van der Waals surface area contributed by atoms with Crippen LogP contribution in [0.15, 0.2) is 18.2 Å². The Hall–Kier alpha value is -1.31. The highest BCUT2D eigenvalue weighted by molar-refractivity contribution is 5.99. The van der Waals surface area contributed by atoms with Crippen molar-refractivity contribution in [2.24, 2.45) is 0 Å². The summed E-state index contributed by atoms with van der Waals surface area (Å²) in [5.41, 5.74) is 1.96. The maximum absolute atomic E-state index is 11.7. The van der Waals surface area contributed by atoms with Crippen LogP contribution in [0.2, 0.25) is 0 Å². The molecule has 0 unspecified atom stereocenters. The van der Waals surface area contributed by atoms with E-state index < -0.39 is 0 Å². The first kappa shape index (κ1) is 9.25. The van der Waals surface area contributed by atoms with Gasteiger partial charge in [-0.25, -0.2) is 0 Å². The van der Waals surface area contributed by atoms with Crippen LogP contribution in [0.1, 0.15) is 35.7 Å². The molecule has 1 aromatic carbocycles. The molecule has 14 heavy (non-hydrogen) atoms. The Labute approximate surface area is 83.9 Å². The molecule has 0 aromatic heterocycles. The molecule has 0 fully saturated rings. The van der Waals surface area contributed by atoms with E-state index in [1.165, 1.54) is 5.56 Å². The number of aryl methyl sites for hydroxylation is 1. The molecule has 0 saturated carbocycles. The number of carbonyl (C=O) groups excluding carboxylic acids is 1. The molecular formula is C12H14O2. The third-order valence-corrected chi connectivity index (χ3v) is 2.56. The fourth-order valence-electron chi connectivity index (χ4n) is 1.69. The Bertz CT molecular complexity index is 355. The lowest BCUT2D eigenvalue weighted by Gasteiger charge is -2.07. The number of ketones is 1. The molecule has 2 heteroatoms. The smallest absolute Gasteiger partial charge is 0.166 e. The van der Waals surface area contributed by atoms with Crippen molar-refractivity contribution in [3.8, 4) is 5.75 Å². The fourth-order valence-corrected chi connectivity index (χ4v) is 1.69. The number of carbonyl (C=O) groups is 1. The Morgan fingerprint density at radius 2 is 2.29 bits per heavy atom. The summed E-state index contributed by atoms with van der Waals surface area (Å²) in [6, 6.07) is 5.90. The quantitative estimate of drug-likeness (QED) is 0.680. The summed E-state index contributed by atoms with van der Waals surface area (Å²) < 4.78 is 5.50. The predicted octanol–water partition coefficient (Wildman–Crippen LogP) is 2.60. The fraction of sp³-hybridized carbons (Fsp3) is 0.417. The highest BCUT2D eigenvalue weighted by atomic mass is 16.5. The van der Waals surface area contributed by atoms with Crippen molar-refractivity contribution >= 4 is 5.78 Å². The number of fused-ring (bicyclic) bond motifs is 1. The standard InChI is InChI=1S/C12H14O2/c1-2-9-5-6-12-10(8-9)11(13)4-3-7-14-12/h5-6,8H,2-4,7H2,1H3. The van der Waals surface area contributed by atoms with Crippen molar-refractivity contribution < 1.29 is 9.53 Å². The molecule has 1 aromatic rings. The van der Waals surface area contributed by atoms with Gasteiger partial charge in [-0.1, -0.05) is 13.0 Å². The number of ether oxygens (including phenoxy) is 1. The summed E-state index contributed by atoms with van der Waals surface area (Å²) >= 11 is 0. The van der Waals surface area contributed by atoms with Crippen molar-refractivity contribution in [1.29, 1.82) is 0 Å². The van der Waals surface area contributed by atoms with E-state index in [2.05, 4.69) is 6.92 Å². The molecule has 0 N–H and O–H groups in total. The first-order chi connectivity index (χ1) is 6.81. The Balaban J connectivity index is 2.44. The maximum Gasteiger partial charge on any atom is 0.166 e. The molecule has 0 saturated heterocycles. The van der Waals surface area contributed by atoms with Gasteiger partial charge in [-0.2, -0.15) is 0 Å².